The van der Waals surface area contributed by atoms with E-state index in [0.29, 0.717) is 18.2 Å². The minimum Gasteiger partial charge on any atom is -0.480 e. The van der Waals surface area contributed by atoms with Crippen LogP contribution in [-0.2, 0) is 11.0 Å². The molecule has 0 saturated heterocycles. The molecule has 1 atom stereocenters. The fourth-order valence-corrected chi connectivity index (χ4v) is 2.14. The first kappa shape index (κ1) is 17.0. The molecule has 1 aromatic carbocycles. The van der Waals surface area contributed by atoms with Gasteiger partial charge in [-0.2, -0.15) is 13.2 Å². The second-order valence-electron chi connectivity index (χ2n) is 5.09. The summed E-state index contributed by atoms with van der Waals surface area (Å²) >= 11 is 0. The molecule has 1 heterocycles. The Morgan fingerprint density at radius 3 is 2.61 bits per heavy atom. The fraction of sp³-hybridized carbons (Fsp3) is 0.400. The van der Waals surface area contributed by atoms with Crippen molar-refractivity contribution < 1.29 is 23.1 Å². The number of carboxylic acids is 1. The van der Waals surface area contributed by atoms with Gasteiger partial charge in [-0.05, 0) is 18.6 Å². The van der Waals surface area contributed by atoms with Crippen LogP contribution in [0.3, 0.4) is 0 Å². The zero-order valence-corrected chi connectivity index (χ0v) is 12.4. The molecule has 2 aromatic rings. The van der Waals surface area contributed by atoms with Gasteiger partial charge in [-0.1, -0.05) is 31.9 Å². The molecular formula is C15H16F3N3O2. The van der Waals surface area contributed by atoms with Gasteiger partial charge in [-0.15, -0.1) is 0 Å². The third kappa shape index (κ3) is 4.08. The van der Waals surface area contributed by atoms with Gasteiger partial charge in [-0.3, -0.25) is 0 Å². The normalized spacial score (nSPS) is 13.0. The smallest absolute Gasteiger partial charge is 0.451 e. The summed E-state index contributed by atoms with van der Waals surface area (Å²) in [6.07, 6.45) is -2.99. The van der Waals surface area contributed by atoms with Crippen molar-refractivity contribution in [2.45, 2.75) is 38.4 Å². The zero-order chi connectivity index (χ0) is 17.0. The summed E-state index contributed by atoms with van der Waals surface area (Å²) in [6.45, 7) is 1.90. The van der Waals surface area contributed by atoms with Gasteiger partial charge in [-0.25, -0.2) is 14.8 Å². The number of carboxylic acid groups (broad SMARTS) is 1. The van der Waals surface area contributed by atoms with Crippen molar-refractivity contribution >= 4 is 22.7 Å². The molecule has 0 radical (unpaired) electrons. The van der Waals surface area contributed by atoms with Gasteiger partial charge in [0.2, 0.25) is 5.82 Å². The number of unbranched alkanes of at least 4 members (excludes halogenated alkanes) is 1. The van der Waals surface area contributed by atoms with Crippen LogP contribution < -0.4 is 5.32 Å². The number of rotatable bonds is 6. The number of benzene rings is 1. The van der Waals surface area contributed by atoms with Crippen LogP contribution >= 0.6 is 0 Å². The number of fused-ring (bicyclic) bond motifs is 1. The van der Waals surface area contributed by atoms with E-state index < -0.39 is 24.0 Å². The summed E-state index contributed by atoms with van der Waals surface area (Å²) in [4.78, 5) is 18.3. The molecule has 23 heavy (non-hydrogen) atoms. The lowest BCUT2D eigenvalue weighted by molar-refractivity contribution is -0.144. The maximum atomic E-state index is 12.9. The van der Waals surface area contributed by atoms with Crippen molar-refractivity contribution in [3.05, 3.63) is 30.1 Å². The summed E-state index contributed by atoms with van der Waals surface area (Å²) in [5.41, 5.74) is 0.108. The van der Waals surface area contributed by atoms with Crippen LogP contribution in [0.4, 0.5) is 19.0 Å². The molecule has 2 N–H and O–H groups in total. The van der Waals surface area contributed by atoms with Crippen molar-refractivity contribution in [3.8, 4) is 0 Å². The Labute approximate surface area is 130 Å². The molecule has 1 unspecified atom stereocenters. The summed E-state index contributed by atoms with van der Waals surface area (Å²) in [7, 11) is 0. The molecule has 124 valence electrons. The zero-order valence-electron chi connectivity index (χ0n) is 12.4. The van der Waals surface area contributed by atoms with Gasteiger partial charge >= 0.3 is 12.1 Å². The predicted molar refractivity (Wildman–Crippen MR) is 79.1 cm³/mol. The topological polar surface area (TPSA) is 75.1 Å². The van der Waals surface area contributed by atoms with Crippen LogP contribution in [0.5, 0.6) is 0 Å². The molecule has 8 heteroatoms. The molecule has 0 aliphatic carbocycles. The van der Waals surface area contributed by atoms with Crippen LogP contribution in [0.25, 0.3) is 10.9 Å². The van der Waals surface area contributed by atoms with E-state index >= 15 is 0 Å². The predicted octanol–water partition coefficient (Wildman–Crippen LogP) is 3.70. The molecule has 0 aliphatic heterocycles. The van der Waals surface area contributed by atoms with Gasteiger partial charge in [0.1, 0.15) is 11.9 Å². The van der Waals surface area contributed by atoms with Crippen molar-refractivity contribution in [1.82, 2.24) is 9.97 Å². The van der Waals surface area contributed by atoms with Crippen LogP contribution in [0, 0.1) is 0 Å². The van der Waals surface area contributed by atoms with Crippen molar-refractivity contribution in [2.24, 2.45) is 0 Å². The highest BCUT2D eigenvalue weighted by molar-refractivity contribution is 5.90. The molecule has 0 saturated carbocycles. The largest absolute Gasteiger partial charge is 0.480 e. The molecule has 0 amide bonds. The highest BCUT2D eigenvalue weighted by Gasteiger charge is 2.35. The Morgan fingerprint density at radius 1 is 1.30 bits per heavy atom. The first-order chi connectivity index (χ1) is 10.8. The highest BCUT2D eigenvalue weighted by atomic mass is 19.4. The number of carbonyl (C=O) groups is 1. The van der Waals surface area contributed by atoms with Gasteiger partial charge in [0.15, 0.2) is 0 Å². The molecule has 0 fully saturated rings. The lowest BCUT2D eigenvalue weighted by Crippen LogP contribution is -2.30. The average Bonchev–Trinajstić information content (AvgIpc) is 2.49. The third-order valence-electron chi connectivity index (χ3n) is 3.31. The molecule has 0 bridgehead atoms. The Kier molecular flexibility index (Phi) is 5.02. The number of hydrogen-bond acceptors (Lipinski definition) is 4. The number of aliphatic carboxylic acids is 1. The number of para-hydroxylation sites is 1. The van der Waals surface area contributed by atoms with E-state index in [1.54, 1.807) is 18.2 Å². The van der Waals surface area contributed by atoms with E-state index in [2.05, 4.69) is 15.3 Å². The first-order valence-electron chi connectivity index (χ1n) is 7.16. The molecular weight excluding hydrogens is 311 g/mol. The lowest BCUT2D eigenvalue weighted by Gasteiger charge is -2.17. The Hall–Kier alpha value is -2.38. The molecule has 2 rings (SSSR count). The Morgan fingerprint density at radius 2 is 2.00 bits per heavy atom. The van der Waals surface area contributed by atoms with Crippen molar-refractivity contribution in [2.75, 3.05) is 5.32 Å². The Bertz CT molecular complexity index is 704. The van der Waals surface area contributed by atoms with Gasteiger partial charge in [0, 0.05) is 5.39 Å². The van der Waals surface area contributed by atoms with Gasteiger partial charge < -0.3 is 10.4 Å². The third-order valence-corrected chi connectivity index (χ3v) is 3.31. The van der Waals surface area contributed by atoms with Crippen molar-refractivity contribution in [1.29, 1.82) is 0 Å². The number of halogens is 3. The number of nitrogens with one attached hydrogen (secondary N) is 1. The van der Waals surface area contributed by atoms with E-state index in [-0.39, 0.29) is 11.3 Å². The minimum absolute atomic E-state index is 0.108. The van der Waals surface area contributed by atoms with Gasteiger partial charge in [0.25, 0.3) is 0 Å². The first-order valence-corrected chi connectivity index (χ1v) is 7.16. The van der Waals surface area contributed by atoms with Gasteiger partial charge in [0.05, 0.1) is 5.52 Å². The second-order valence-corrected chi connectivity index (χ2v) is 5.09. The van der Waals surface area contributed by atoms with Crippen molar-refractivity contribution in [3.63, 3.8) is 0 Å². The van der Waals surface area contributed by atoms with E-state index in [1.165, 1.54) is 6.07 Å². The van der Waals surface area contributed by atoms with Crippen LogP contribution in [0.2, 0.25) is 0 Å². The van der Waals surface area contributed by atoms with E-state index in [9.17, 15) is 23.1 Å². The monoisotopic (exact) mass is 327 g/mol. The standard InChI is InChI=1S/C15H16F3N3O2/c1-2-3-7-11(13(22)23)19-12-9-6-4-5-8-10(9)20-14(21-12)15(16,17)18/h4-6,8,11H,2-3,7H2,1H3,(H,22,23)(H,19,20,21). The maximum Gasteiger partial charge on any atom is 0.451 e. The highest BCUT2D eigenvalue weighted by Crippen LogP contribution is 2.30. The van der Waals surface area contributed by atoms with E-state index in [1.807, 2.05) is 6.92 Å². The van der Waals surface area contributed by atoms with Crippen LogP contribution in [0.1, 0.15) is 32.0 Å². The summed E-state index contributed by atoms with van der Waals surface area (Å²) < 4.78 is 38.8. The summed E-state index contributed by atoms with van der Waals surface area (Å²) in [5.74, 6) is -2.54. The number of anilines is 1. The number of alkyl halides is 3. The minimum atomic E-state index is -4.71. The van der Waals surface area contributed by atoms with E-state index in [4.69, 9.17) is 0 Å². The molecule has 1 aromatic heterocycles. The van der Waals surface area contributed by atoms with Crippen LogP contribution in [0.15, 0.2) is 24.3 Å². The summed E-state index contributed by atoms with van der Waals surface area (Å²) in [5, 5.41) is 12.2. The number of hydrogen-bond donors (Lipinski definition) is 2. The second kappa shape index (κ2) is 6.80. The number of nitrogens with zero attached hydrogens (tertiary/aromatic N) is 2. The summed E-state index contributed by atoms with van der Waals surface area (Å²) in [6, 6.07) is 5.17. The molecule has 5 nitrogen and oxygen atoms in total. The van der Waals surface area contributed by atoms with E-state index in [0.717, 1.165) is 6.42 Å². The maximum absolute atomic E-state index is 12.9. The molecule has 0 aliphatic rings. The number of aromatic nitrogens is 2. The Balaban J connectivity index is 2.46. The van der Waals surface area contributed by atoms with Crippen LogP contribution in [-0.4, -0.2) is 27.1 Å². The quantitative estimate of drug-likeness (QED) is 0.846. The molecule has 0 spiro atoms. The average molecular weight is 327 g/mol. The fourth-order valence-electron chi connectivity index (χ4n) is 2.14. The lowest BCUT2D eigenvalue weighted by atomic mass is 10.1. The SMILES string of the molecule is CCCCC(Nc1nc(C(F)(F)F)nc2ccccc12)C(=O)O.